The molecule has 28 heavy (non-hydrogen) atoms. The zero-order valence-electron chi connectivity index (χ0n) is 15.5. The van der Waals surface area contributed by atoms with Gasteiger partial charge in [-0.2, -0.15) is 5.10 Å². The Hall–Kier alpha value is -3.32. The summed E-state index contributed by atoms with van der Waals surface area (Å²) in [6.45, 7) is 4.36. The Bertz CT molecular complexity index is 1090. The standard InChI is InChI=1S/C21H21N7/c1-3-17-11-16(4-5-20(17)22-6-1)14-27-9-10-28-19(15-27)12-18(26-28)13-25-21-23-7-2-8-24-21/h1-8,11-12H,9-10,13-15H2,(H,23,24,25). The van der Waals surface area contributed by atoms with Crippen LogP contribution >= 0.6 is 0 Å². The molecule has 7 nitrogen and oxygen atoms in total. The largest absolute Gasteiger partial charge is 0.348 e. The van der Waals surface area contributed by atoms with E-state index in [9.17, 15) is 0 Å². The second kappa shape index (κ2) is 7.36. The molecule has 1 aliphatic heterocycles. The van der Waals surface area contributed by atoms with E-state index in [1.54, 1.807) is 18.5 Å². The van der Waals surface area contributed by atoms with Crippen molar-refractivity contribution in [3.63, 3.8) is 0 Å². The maximum absolute atomic E-state index is 4.71. The lowest BCUT2D eigenvalue weighted by atomic mass is 10.1. The monoisotopic (exact) mass is 371 g/mol. The van der Waals surface area contributed by atoms with Crippen LogP contribution in [0.1, 0.15) is 17.0 Å². The lowest BCUT2D eigenvalue weighted by Gasteiger charge is -2.27. The van der Waals surface area contributed by atoms with E-state index in [1.807, 2.05) is 12.3 Å². The highest BCUT2D eigenvalue weighted by atomic mass is 15.3. The van der Waals surface area contributed by atoms with Gasteiger partial charge in [-0.3, -0.25) is 14.6 Å². The molecule has 140 valence electrons. The first-order valence-corrected chi connectivity index (χ1v) is 9.46. The van der Waals surface area contributed by atoms with Gasteiger partial charge in [-0.05, 0) is 35.9 Å². The van der Waals surface area contributed by atoms with Crippen molar-refractivity contribution in [2.24, 2.45) is 0 Å². The third-order valence-corrected chi connectivity index (χ3v) is 4.99. The molecule has 0 amide bonds. The summed E-state index contributed by atoms with van der Waals surface area (Å²) in [5, 5.41) is 9.13. The van der Waals surface area contributed by atoms with Gasteiger partial charge in [-0.25, -0.2) is 9.97 Å². The predicted molar refractivity (Wildman–Crippen MR) is 107 cm³/mol. The Morgan fingerprint density at radius 1 is 0.929 bits per heavy atom. The first-order chi connectivity index (χ1) is 13.8. The molecule has 7 heteroatoms. The number of hydrogen-bond acceptors (Lipinski definition) is 6. The smallest absolute Gasteiger partial charge is 0.222 e. The molecule has 0 bridgehead atoms. The minimum atomic E-state index is 0.626. The summed E-state index contributed by atoms with van der Waals surface area (Å²) < 4.78 is 2.11. The Balaban J connectivity index is 1.25. The molecule has 1 N–H and O–H groups in total. The zero-order chi connectivity index (χ0) is 18.8. The number of fused-ring (bicyclic) bond motifs is 2. The van der Waals surface area contributed by atoms with Gasteiger partial charge in [0.25, 0.3) is 0 Å². The van der Waals surface area contributed by atoms with Crippen molar-refractivity contribution in [1.82, 2.24) is 29.6 Å². The fraction of sp³-hybridized carbons (Fsp3) is 0.238. The summed E-state index contributed by atoms with van der Waals surface area (Å²) in [6.07, 6.45) is 5.30. The normalized spacial score (nSPS) is 14.1. The first kappa shape index (κ1) is 16.8. The quantitative estimate of drug-likeness (QED) is 0.582. The molecule has 0 atom stereocenters. The van der Waals surface area contributed by atoms with E-state index in [1.165, 1.54) is 16.6 Å². The Morgan fingerprint density at radius 3 is 2.75 bits per heavy atom. The van der Waals surface area contributed by atoms with Crippen LogP contribution in [0.5, 0.6) is 0 Å². The van der Waals surface area contributed by atoms with Gasteiger partial charge < -0.3 is 5.32 Å². The molecular formula is C21H21N7. The molecule has 3 aromatic heterocycles. The van der Waals surface area contributed by atoms with Crippen molar-refractivity contribution < 1.29 is 0 Å². The molecule has 1 aliphatic rings. The van der Waals surface area contributed by atoms with Crippen molar-refractivity contribution in [3.8, 4) is 0 Å². The van der Waals surface area contributed by atoms with Gasteiger partial charge in [-0.15, -0.1) is 0 Å². The molecule has 0 saturated heterocycles. The predicted octanol–water partition coefficient (Wildman–Crippen LogP) is 2.85. The van der Waals surface area contributed by atoms with Crippen LogP contribution < -0.4 is 5.32 Å². The summed E-state index contributed by atoms with van der Waals surface area (Å²) >= 11 is 0. The topological polar surface area (TPSA) is 71.8 Å². The number of nitrogens with one attached hydrogen (secondary N) is 1. The summed E-state index contributed by atoms with van der Waals surface area (Å²) in [6, 6.07) is 14.6. The van der Waals surface area contributed by atoms with E-state index in [2.05, 4.69) is 60.2 Å². The highest BCUT2D eigenvalue weighted by Crippen LogP contribution is 2.19. The Labute approximate surface area is 163 Å². The summed E-state index contributed by atoms with van der Waals surface area (Å²) in [5.74, 6) is 0.626. The highest BCUT2D eigenvalue weighted by molar-refractivity contribution is 5.78. The van der Waals surface area contributed by atoms with Crippen LogP contribution in [0.2, 0.25) is 0 Å². The molecule has 0 fully saturated rings. The Kier molecular flexibility index (Phi) is 4.42. The number of anilines is 1. The zero-order valence-corrected chi connectivity index (χ0v) is 15.5. The summed E-state index contributed by atoms with van der Waals surface area (Å²) in [7, 11) is 0. The van der Waals surface area contributed by atoms with Crippen LogP contribution in [0.3, 0.4) is 0 Å². The number of hydrogen-bond donors (Lipinski definition) is 1. The second-order valence-electron chi connectivity index (χ2n) is 7.02. The maximum Gasteiger partial charge on any atom is 0.222 e. The molecule has 0 unspecified atom stereocenters. The van der Waals surface area contributed by atoms with Gasteiger partial charge >= 0.3 is 0 Å². The van der Waals surface area contributed by atoms with E-state index >= 15 is 0 Å². The number of rotatable bonds is 5. The molecular weight excluding hydrogens is 350 g/mol. The minimum Gasteiger partial charge on any atom is -0.348 e. The highest BCUT2D eigenvalue weighted by Gasteiger charge is 2.18. The van der Waals surface area contributed by atoms with E-state index in [0.717, 1.165) is 37.4 Å². The lowest BCUT2D eigenvalue weighted by Crippen LogP contribution is -2.33. The molecule has 0 saturated carbocycles. The molecule has 5 rings (SSSR count). The van der Waals surface area contributed by atoms with Crippen molar-refractivity contribution in [3.05, 3.63) is 78.0 Å². The third-order valence-electron chi connectivity index (χ3n) is 4.99. The van der Waals surface area contributed by atoms with Crippen molar-refractivity contribution in [1.29, 1.82) is 0 Å². The van der Waals surface area contributed by atoms with Gasteiger partial charge in [0.05, 0.1) is 30.0 Å². The molecule has 0 aliphatic carbocycles. The number of pyridine rings is 1. The van der Waals surface area contributed by atoms with Crippen LogP contribution in [-0.4, -0.2) is 36.2 Å². The van der Waals surface area contributed by atoms with Crippen molar-refractivity contribution in [2.45, 2.75) is 26.2 Å². The fourth-order valence-corrected chi connectivity index (χ4v) is 3.64. The van der Waals surface area contributed by atoms with Crippen molar-refractivity contribution >= 4 is 16.9 Å². The molecule has 0 radical (unpaired) electrons. The van der Waals surface area contributed by atoms with E-state index in [4.69, 9.17) is 5.10 Å². The van der Waals surface area contributed by atoms with Gasteiger partial charge in [-0.1, -0.05) is 12.1 Å². The van der Waals surface area contributed by atoms with Crippen LogP contribution in [0.25, 0.3) is 10.9 Å². The van der Waals surface area contributed by atoms with Crippen molar-refractivity contribution in [2.75, 3.05) is 11.9 Å². The number of benzene rings is 1. The third kappa shape index (κ3) is 3.57. The fourth-order valence-electron chi connectivity index (χ4n) is 3.64. The van der Waals surface area contributed by atoms with E-state index < -0.39 is 0 Å². The van der Waals surface area contributed by atoms with E-state index in [0.29, 0.717) is 12.5 Å². The summed E-state index contributed by atoms with van der Waals surface area (Å²) in [5.41, 5.74) is 4.62. The molecule has 1 aromatic carbocycles. The maximum atomic E-state index is 4.71. The molecule has 4 aromatic rings. The molecule has 0 spiro atoms. The average Bonchev–Trinajstić information content (AvgIpc) is 3.15. The number of aromatic nitrogens is 5. The van der Waals surface area contributed by atoms with Crippen LogP contribution in [0.15, 0.2) is 61.1 Å². The SMILES string of the molecule is c1cnc(NCc2cc3n(n2)CCN(Cc2ccc4ncccc4c2)C3)nc1. The van der Waals surface area contributed by atoms with Gasteiger partial charge in [0.15, 0.2) is 0 Å². The van der Waals surface area contributed by atoms with Crippen LogP contribution in [0, 0.1) is 0 Å². The second-order valence-corrected chi connectivity index (χ2v) is 7.02. The van der Waals surface area contributed by atoms with Gasteiger partial charge in [0, 0.05) is 43.6 Å². The van der Waals surface area contributed by atoms with Gasteiger partial charge in [0.2, 0.25) is 5.95 Å². The van der Waals surface area contributed by atoms with Crippen LogP contribution in [0.4, 0.5) is 5.95 Å². The number of nitrogens with zero attached hydrogens (tertiary/aromatic N) is 6. The van der Waals surface area contributed by atoms with Crippen LogP contribution in [-0.2, 0) is 26.2 Å². The lowest BCUT2D eigenvalue weighted by molar-refractivity contribution is 0.205. The Morgan fingerprint density at radius 2 is 1.82 bits per heavy atom. The first-order valence-electron chi connectivity index (χ1n) is 9.46. The average molecular weight is 371 g/mol. The van der Waals surface area contributed by atoms with Gasteiger partial charge in [0.1, 0.15) is 0 Å². The summed E-state index contributed by atoms with van der Waals surface area (Å²) in [4.78, 5) is 15.2. The minimum absolute atomic E-state index is 0.626. The van der Waals surface area contributed by atoms with E-state index in [-0.39, 0.29) is 0 Å². The molecule has 4 heterocycles.